The third-order valence-electron chi connectivity index (χ3n) is 3.27. The highest BCUT2D eigenvalue weighted by molar-refractivity contribution is 5.94. The Labute approximate surface area is 115 Å². The molecule has 0 fully saturated rings. The zero-order chi connectivity index (χ0) is 14.1. The Kier molecular flexibility index (Phi) is 7.01. The highest BCUT2D eigenvalue weighted by atomic mass is 16.5. The number of esters is 1. The summed E-state index contributed by atoms with van der Waals surface area (Å²) in [5.74, 6) is 0.277. The molecule has 0 aliphatic heterocycles. The van der Waals surface area contributed by atoms with E-state index in [9.17, 15) is 4.79 Å². The minimum atomic E-state index is -0.319. The van der Waals surface area contributed by atoms with E-state index >= 15 is 0 Å². The second-order valence-corrected chi connectivity index (χ2v) is 4.65. The minimum absolute atomic E-state index is 0.319. The van der Waals surface area contributed by atoms with Crippen molar-refractivity contribution in [2.75, 3.05) is 14.2 Å². The second kappa shape index (κ2) is 8.57. The first-order valence-electron chi connectivity index (χ1n) is 6.98. The van der Waals surface area contributed by atoms with E-state index in [1.165, 1.54) is 32.8 Å². The van der Waals surface area contributed by atoms with Crippen molar-refractivity contribution in [1.29, 1.82) is 0 Å². The Morgan fingerprint density at radius 2 is 1.84 bits per heavy atom. The van der Waals surface area contributed by atoms with Crippen LogP contribution in [-0.4, -0.2) is 20.2 Å². The smallest absolute Gasteiger partial charge is 0.341 e. The van der Waals surface area contributed by atoms with Gasteiger partial charge in [0, 0.05) is 0 Å². The Bertz CT molecular complexity index is 399. The molecular formula is C16H24O3. The number of methoxy groups -OCH3 is 2. The fourth-order valence-corrected chi connectivity index (χ4v) is 2.21. The molecule has 3 nitrogen and oxygen atoms in total. The number of carbonyl (C=O) groups excluding carboxylic acids is 1. The summed E-state index contributed by atoms with van der Waals surface area (Å²) in [5.41, 5.74) is 1.59. The van der Waals surface area contributed by atoms with Crippen molar-refractivity contribution in [1.82, 2.24) is 0 Å². The summed E-state index contributed by atoms with van der Waals surface area (Å²) in [7, 11) is 2.98. The first-order valence-corrected chi connectivity index (χ1v) is 6.98. The molecule has 1 aromatic rings. The van der Waals surface area contributed by atoms with Gasteiger partial charge in [-0.2, -0.15) is 0 Å². The molecule has 0 aliphatic rings. The van der Waals surface area contributed by atoms with Crippen molar-refractivity contribution in [3.63, 3.8) is 0 Å². The van der Waals surface area contributed by atoms with Crippen LogP contribution in [0.5, 0.6) is 5.75 Å². The van der Waals surface area contributed by atoms with Crippen LogP contribution in [0.1, 0.15) is 54.9 Å². The second-order valence-electron chi connectivity index (χ2n) is 4.65. The summed E-state index contributed by atoms with van der Waals surface area (Å²) in [6.07, 6.45) is 6.97. The fraction of sp³-hybridized carbons (Fsp3) is 0.562. The molecule has 106 valence electrons. The zero-order valence-corrected chi connectivity index (χ0v) is 12.2. The van der Waals surface area contributed by atoms with E-state index in [0.29, 0.717) is 11.3 Å². The number of ether oxygens (including phenoxy) is 2. The third kappa shape index (κ3) is 4.58. The maximum Gasteiger partial charge on any atom is 0.341 e. The molecule has 0 saturated heterocycles. The van der Waals surface area contributed by atoms with Crippen LogP contribution in [0.4, 0.5) is 0 Å². The van der Waals surface area contributed by atoms with E-state index in [1.54, 1.807) is 13.2 Å². The van der Waals surface area contributed by atoms with Crippen molar-refractivity contribution in [2.45, 2.75) is 45.4 Å². The average molecular weight is 264 g/mol. The molecular weight excluding hydrogens is 240 g/mol. The van der Waals surface area contributed by atoms with Crippen molar-refractivity contribution in [2.24, 2.45) is 0 Å². The lowest BCUT2D eigenvalue weighted by Crippen LogP contribution is -2.08. The van der Waals surface area contributed by atoms with Crippen molar-refractivity contribution in [3.8, 4) is 5.75 Å². The lowest BCUT2D eigenvalue weighted by Gasteiger charge is -2.12. The van der Waals surface area contributed by atoms with Crippen LogP contribution in [0.2, 0.25) is 0 Å². The van der Waals surface area contributed by atoms with Crippen LogP contribution >= 0.6 is 0 Å². The first kappa shape index (κ1) is 15.5. The molecule has 3 heteroatoms. The highest BCUT2D eigenvalue weighted by Crippen LogP contribution is 2.24. The first-order chi connectivity index (χ1) is 9.24. The number of unbranched alkanes of at least 4 members (excludes halogenated alkanes) is 4. The number of aryl methyl sites for hydroxylation is 1. The van der Waals surface area contributed by atoms with Crippen molar-refractivity contribution < 1.29 is 14.3 Å². The van der Waals surface area contributed by atoms with Crippen molar-refractivity contribution in [3.05, 3.63) is 29.3 Å². The van der Waals surface area contributed by atoms with Gasteiger partial charge in [0.2, 0.25) is 0 Å². The van der Waals surface area contributed by atoms with Gasteiger partial charge in [-0.25, -0.2) is 4.79 Å². The van der Waals surface area contributed by atoms with Gasteiger partial charge in [-0.05, 0) is 24.5 Å². The Balaban J connectivity index is 2.73. The molecule has 0 radical (unpaired) electrons. The predicted molar refractivity (Wildman–Crippen MR) is 76.8 cm³/mol. The minimum Gasteiger partial charge on any atom is -0.496 e. The molecule has 1 aromatic carbocycles. The molecule has 0 N–H and O–H groups in total. The maximum atomic E-state index is 11.8. The quantitative estimate of drug-likeness (QED) is 0.526. The molecule has 0 unspecified atom stereocenters. The molecule has 0 aliphatic carbocycles. The van der Waals surface area contributed by atoms with E-state index in [1.807, 2.05) is 12.1 Å². The lowest BCUT2D eigenvalue weighted by atomic mass is 10.00. The van der Waals surface area contributed by atoms with Crippen LogP contribution in [-0.2, 0) is 11.2 Å². The van der Waals surface area contributed by atoms with Gasteiger partial charge in [-0.1, -0.05) is 44.7 Å². The normalized spacial score (nSPS) is 10.3. The van der Waals surface area contributed by atoms with Gasteiger partial charge >= 0.3 is 5.97 Å². The zero-order valence-electron chi connectivity index (χ0n) is 12.2. The number of hydrogen-bond donors (Lipinski definition) is 0. The summed E-state index contributed by atoms with van der Waals surface area (Å²) >= 11 is 0. The molecule has 0 spiro atoms. The van der Waals surface area contributed by atoms with Crippen LogP contribution in [0.3, 0.4) is 0 Å². The number of carbonyl (C=O) groups is 1. The van der Waals surface area contributed by atoms with Gasteiger partial charge < -0.3 is 9.47 Å². The predicted octanol–water partition coefficient (Wildman–Crippen LogP) is 3.99. The van der Waals surface area contributed by atoms with Gasteiger partial charge in [0.05, 0.1) is 14.2 Å². The van der Waals surface area contributed by atoms with Crippen molar-refractivity contribution >= 4 is 5.97 Å². The topological polar surface area (TPSA) is 35.5 Å². The standard InChI is InChI=1S/C16H24O3/c1-4-5-6-7-8-10-13-11-9-12-14(18-2)15(13)16(17)19-3/h9,11-12H,4-8,10H2,1-3H3. The summed E-state index contributed by atoms with van der Waals surface area (Å²) in [5, 5.41) is 0. The van der Waals surface area contributed by atoms with Gasteiger partial charge in [-0.3, -0.25) is 0 Å². The van der Waals surface area contributed by atoms with Gasteiger partial charge in [0.1, 0.15) is 11.3 Å². The highest BCUT2D eigenvalue weighted by Gasteiger charge is 2.17. The molecule has 1 rings (SSSR count). The third-order valence-corrected chi connectivity index (χ3v) is 3.27. The Morgan fingerprint density at radius 3 is 2.47 bits per heavy atom. The Hall–Kier alpha value is -1.51. The molecule has 0 amide bonds. The molecule has 0 heterocycles. The number of rotatable bonds is 8. The molecule has 19 heavy (non-hydrogen) atoms. The van der Waals surface area contributed by atoms with E-state index in [2.05, 4.69) is 6.92 Å². The summed E-state index contributed by atoms with van der Waals surface area (Å²) < 4.78 is 10.1. The SMILES string of the molecule is CCCCCCCc1cccc(OC)c1C(=O)OC. The largest absolute Gasteiger partial charge is 0.496 e. The number of hydrogen-bond acceptors (Lipinski definition) is 3. The van der Waals surface area contributed by atoms with Gasteiger partial charge in [-0.15, -0.1) is 0 Å². The van der Waals surface area contributed by atoms with E-state index in [0.717, 1.165) is 18.4 Å². The summed E-state index contributed by atoms with van der Waals surface area (Å²) in [6.45, 7) is 2.21. The maximum absolute atomic E-state index is 11.8. The lowest BCUT2D eigenvalue weighted by molar-refractivity contribution is 0.0595. The van der Waals surface area contributed by atoms with E-state index in [4.69, 9.17) is 9.47 Å². The van der Waals surface area contributed by atoms with Crippen LogP contribution < -0.4 is 4.74 Å². The monoisotopic (exact) mass is 264 g/mol. The van der Waals surface area contributed by atoms with Crippen LogP contribution in [0, 0.1) is 0 Å². The molecule has 0 saturated carbocycles. The van der Waals surface area contributed by atoms with Crippen LogP contribution in [0.25, 0.3) is 0 Å². The van der Waals surface area contributed by atoms with Gasteiger partial charge in [0.25, 0.3) is 0 Å². The van der Waals surface area contributed by atoms with E-state index in [-0.39, 0.29) is 5.97 Å². The summed E-state index contributed by atoms with van der Waals surface area (Å²) in [4.78, 5) is 11.8. The Morgan fingerprint density at radius 1 is 1.11 bits per heavy atom. The average Bonchev–Trinajstić information content (AvgIpc) is 2.45. The molecule has 0 aromatic heterocycles. The fourth-order valence-electron chi connectivity index (χ4n) is 2.21. The summed E-state index contributed by atoms with van der Waals surface area (Å²) in [6, 6.07) is 5.70. The van der Waals surface area contributed by atoms with Crippen LogP contribution in [0.15, 0.2) is 18.2 Å². The molecule has 0 atom stereocenters. The van der Waals surface area contributed by atoms with E-state index < -0.39 is 0 Å². The molecule has 0 bridgehead atoms. The van der Waals surface area contributed by atoms with Gasteiger partial charge in [0.15, 0.2) is 0 Å². The number of benzene rings is 1.